The monoisotopic (exact) mass is 632 g/mol. The van der Waals surface area contributed by atoms with Crippen LogP contribution in [0.25, 0.3) is 44.1 Å². The molecule has 0 spiro atoms. The van der Waals surface area contributed by atoms with Crippen molar-refractivity contribution in [3.63, 3.8) is 0 Å². The Bertz CT molecular complexity index is 1770. The molecular weight excluding hydrogens is 609 g/mol. The molecule has 0 bridgehead atoms. The molecule has 0 amide bonds. The number of aromatic nitrogens is 3. The van der Waals surface area contributed by atoms with Gasteiger partial charge in [-0.3, -0.25) is 4.98 Å². The van der Waals surface area contributed by atoms with Crippen molar-refractivity contribution >= 4 is 27.3 Å². The van der Waals surface area contributed by atoms with E-state index in [0.717, 1.165) is 38.6 Å². The average Bonchev–Trinajstić information content (AvgIpc) is 3.42. The van der Waals surface area contributed by atoms with Crippen molar-refractivity contribution in [2.75, 3.05) is 0 Å². The first kappa shape index (κ1) is 23.1. The number of benzene rings is 3. The summed E-state index contributed by atoms with van der Waals surface area (Å²) in [5.41, 5.74) is 10.5. The first-order chi connectivity index (χ1) is 16.5. The minimum Gasteiger partial charge on any atom is -0.339 e. The van der Waals surface area contributed by atoms with Gasteiger partial charge in [-0.05, 0) is 80.1 Å². The molecule has 0 atom stereocenters. The quantitative estimate of drug-likeness (QED) is 0.153. The molecular formula is C30H23IrN4-. The number of rotatable bonds is 2. The van der Waals surface area contributed by atoms with Gasteiger partial charge in [-0.25, -0.2) is 0 Å². The van der Waals surface area contributed by atoms with Crippen LogP contribution in [0.5, 0.6) is 0 Å². The summed E-state index contributed by atoms with van der Waals surface area (Å²) >= 11 is 0. The van der Waals surface area contributed by atoms with E-state index in [0.29, 0.717) is 5.69 Å². The first-order valence-corrected chi connectivity index (χ1v) is 11.4. The van der Waals surface area contributed by atoms with Crippen molar-refractivity contribution in [1.29, 1.82) is 5.26 Å². The second kappa shape index (κ2) is 8.50. The molecule has 173 valence electrons. The van der Waals surface area contributed by atoms with E-state index in [2.05, 4.69) is 104 Å². The Balaban J connectivity index is 0.00000253. The van der Waals surface area contributed by atoms with Crippen LogP contribution in [0, 0.1) is 45.1 Å². The molecule has 0 saturated carbocycles. The Hall–Kier alpha value is -3.71. The van der Waals surface area contributed by atoms with Gasteiger partial charge in [-0.15, -0.1) is 18.2 Å². The van der Waals surface area contributed by atoms with E-state index in [9.17, 15) is 5.26 Å². The van der Waals surface area contributed by atoms with E-state index in [1.165, 1.54) is 28.1 Å². The SMILES string of the molecule is Cc1cccc(C)c1-c1cc[c-]c2c1c1cc(-n3c(C)ccc3C)ccc1n1cc(C#N)nc21.[Ir]. The van der Waals surface area contributed by atoms with Gasteiger partial charge in [0.2, 0.25) is 0 Å². The van der Waals surface area contributed by atoms with E-state index >= 15 is 0 Å². The fourth-order valence-corrected chi connectivity index (χ4v) is 5.35. The van der Waals surface area contributed by atoms with Crippen molar-refractivity contribution in [3.8, 4) is 22.9 Å². The van der Waals surface area contributed by atoms with Crippen LogP contribution >= 0.6 is 0 Å². The van der Waals surface area contributed by atoms with Crippen molar-refractivity contribution in [3.05, 3.63) is 101 Å². The zero-order chi connectivity index (χ0) is 23.6. The molecule has 1 radical (unpaired) electrons. The molecule has 3 aromatic heterocycles. The van der Waals surface area contributed by atoms with E-state index in [4.69, 9.17) is 0 Å². The smallest absolute Gasteiger partial charge is 0.148 e. The van der Waals surface area contributed by atoms with Crippen LogP contribution < -0.4 is 0 Å². The van der Waals surface area contributed by atoms with Crippen molar-refractivity contribution < 1.29 is 20.1 Å². The molecule has 6 aromatic rings. The summed E-state index contributed by atoms with van der Waals surface area (Å²) in [5.74, 6) is 0. The zero-order valence-electron chi connectivity index (χ0n) is 20.0. The van der Waals surface area contributed by atoms with Crippen LogP contribution in [-0.4, -0.2) is 14.0 Å². The third-order valence-electron chi connectivity index (χ3n) is 6.83. The average molecular weight is 632 g/mol. The van der Waals surface area contributed by atoms with Gasteiger partial charge in [0.25, 0.3) is 0 Å². The maximum absolute atomic E-state index is 9.58. The number of pyridine rings is 1. The third kappa shape index (κ3) is 3.41. The number of nitriles is 1. The summed E-state index contributed by atoms with van der Waals surface area (Å²) in [6, 6.07) is 27.0. The van der Waals surface area contributed by atoms with Gasteiger partial charge in [0.1, 0.15) is 11.8 Å². The molecule has 0 saturated heterocycles. The molecule has 5 heteroatoms. The normalized spacial score (nSPS) is 11.2. The van der Waals surface area contributed by atoms with E-state index < -0.39 is 0 Å². The maximum Gasteiger partial charge on any atom is 0.148 e. The molecule has 0 aliphatic rings. The number of hydrogen-bond acceptors (Lipinski definition) is 2. The summed E-state index contributed by atoms with van der Waals surface area (Å²) in [7, 11) is 0. The van der Waals surface area contributed by atoms with Gasteiger partial charge < -0.3 is 8.97 Å². The van der Waals surface area contributed by atoms with Crippen LogP contribution in [0.15, 0.2) is 66.9 Å². The van der Waals surface area contributed by atoms with Crippen LogP contribution in [0.3, 0.4) is 0 Å². The summed E-state index contributed by atoms with van der Waals surface area (Å²) in [5, 5.41) is 12.7. The van der Waals surface area contributed by atoms with Gasteiger partial charge >= 0.3 is 0 Å². The maximum atomic E-state index is 9.58. The molecule has 4 nitrogen and oxygen atoms in total. The Kier molecular flexibility index (Phi) is 5.60. The minimum absolute atomic E-state index is 0. The fraction of sp³-hybridized carbons (Fsp3) is 0.133. The van der Waals surface area contributed by atoms with Gasteiger partial charge in [-0.2, -0.15) is 5.26 Å². The topological polar surface area (TPSA) is 46.0 Å². The summed E-state index contributed by atoms with van der Waals surface area (Å²) in [6.45, 7) is 8.58. The Labute approximate surface area is 217 Å². The van der Waals surface area contributed by atoms with Crippen LogP contribution in [0.1, 0.15) is 28.2 Å². The van der Waals surface area contributed by atoms with Gasteiger partial charge in [0, 0.05) is 48.9 Å². The number of aryl methyl sites for hydroxylation is 4. The van der Waals surface area contributed by atoms with Gasteiger partial charge in [0.05, 0.1) is 5.65 Å². The predicted octanol–water partition coefficient (Wildman–Crippen LogP) is 7.00. The van der Waals surface area contributed by atoms with E-state index in [1.54, 1.807) is 0 Å². The largest absolute Gasteiger partial charge is 0.339 e. The zero-order valence-corrected chi connectivity index (χ0v) is 22.4. The summed E-state index contributed by atoms with van der Waals surface area (Å²) < 4.78 is 4.30. The number of nitrogens with zero attached hydrogens (tertiary/aromatic N) is 4. The first-order valence-electron chi connectivity index (χ1n) is 11.4. The molecule has 0 unspecified atom stereocenters. The van der Waals surface area contributed by atoms with Gasteiger partial charge in [0.15, 0.2) is 0 Å². The summed E-state index contributed by atoms with van der Waals surface area (Å²) in [6.07, 6.45) is 1.82. The Morgan fingerprint density at radius 2 is 1.63 bits per heavy atom. The molecule has 0 aliphatic heterocycles. The van der Waals surface area contributed by atoms with Crippen LogP contribution in [0.2, 0.25) is 0 Å². The molecule has 3 heterocycles. The predicted molar refractivity (Wildman–Crippen MR) is 137 cm³/mol. The second-order valence-corrected chi connectivity index (χ2v) is 8.99. The standard InChI is InChI=1S/C30H23N4.Ir/c1-18-7-5-8-19(2)28(18)24-9-6-10-25-29(24)26-15-23(34-20(3)11-12-21(34)4)13-14-27(26)33-17-22(16-31)32-30(25)33;/h5-9,11-15,17H,1-4H3;/q-1;. The molecule has 0 fully saturated rings. The van der Waals surface area contributed by atoms with E-state index in [1.807, 2.05) is 16.7 Å². The van der Waals surface area contributed by atoms with Crippen LogP contribution in [0.4, 0.5) is 0 Å². The van der Waals surface area contributed by atoms with Crippen molar-refractivity contribution in [2.24, 2.45) is 0 Å². The fourth-order valence-electron chi connectivity index (χ4n) is 5.35. The van der Waals surface area contributed by atoms with Gasteiger partial charge in [-0.1, -0.05) is 34.5 Å². The van der Waals surface area contributed by atoms with Crippen molar-refractivity contribution in [2.45, 2.75) is 27.7 Å². The minimum atomic E-state index is 0. The van der Waals surface area contributed by atoms with Crippen molar-refractivity contribution in [1.82, 2.24) is 14.0 Å². The molecule has 6 rings (SSSR count). The molecule has 3 aromatic carbocycles. The second-order valence-electron chi connectivity index (χ2n) is 8.99. The Morgan fingerprint density at radius 3 is 2.31 bits per heavy atom. The molecule has 0 N–H and O–H groups in total. The Morgan fingerprint density at radius 1 is 0.914 bits per heavy atom. The van der Waals surface area contributed by atoms with Crippen LogP contribution in [-0.2, 0) is 20.1 Å². The number of hydrogen-bond donors (Lipinski definition) is 0. The summed E-state index contributed by atoms with van der Waals surface area (Å²) in [4.78, 5) is 4.66. The number of fused-ring (bicyclic) bond motifs is 6. The van der Waals surface area contributed by atoms with E-state index in [-0.39, 0.29) is 20.1 Å². The third-order valence-corrected chi connectivity index (χ3v) is 6.83. The number of imidazole rings is 1. The molecule has 0 aliphatic carbocycles. The molecule has 35 heavy (non-hydrogen) atoms.